The molecular weight excluding hydrogens is 415 g/mol. The van der Waals surface area contributed by atoms with E-state index in [0.29, 0.717) is 0 Å². The second-order valence-corrected chi connectivity index (χ2v) is 6.49. The number of aromatic nitrogens is 3. The topological polar surface area (TPSA) is 103 Å². The third-order valence-corrected chi connectivity index (χ3v) is 4.35. The predicted molar refractivity (Wildman–Crippen MR) is 108 cm³/mol. The van der Waals surface area contributed by atoms with Gasteiger partial charge in [-0.2, -0.15) is 18.3 Å². The van der Waals surface area contributed by atoms with Gasteiger partial charge in [0, 0.05) is 42.4 Å². The van der Waals surface area contributed by atoms with Crippen LogP contribution in [0.1, 0.15) is 0 Å². The van der Waals surface area contributed by atoms with Gasteiger partial charge in [-0.1, -0.05) is 0 Å². The Bertz CT molecular complexity index is 972. The molecule has 4 rings (SSSR count). The molecule has 31 heavy (non-hydrogen) atoms. The van der Waals surface area contributed by atoms with Crippen molar-refractivity contribution in [2.75, 3.05) is 36.5 Å². The lowest BCUT2D eigenvalue weighted by Crippen LogP contribution is -2.36. The molecule has 1 fully saturated rings. The summed E-state index contributed by atoms with van der Waals surface area (Å²) >= 11 is 0. The number of H-pyrrole nitrogens is 1. The Kier molecular flexibility index (Phi) is 7.08. The van der Waals surface area contributed by atoms with Crippen LogP contribution in [-0.2, 0) is 9.53 Å². The number of ether oxygens (including phenoxy) is 1. The zero-order chi connectivity index (χ0) is 22.3. The molecular formula is C20H20F3N5O3. The lowest BCUT2D eigenvalue weighted by Gasteiger charge is -2.28. The Morgan fingerprint density at radius 2 is 1.81 bits per heavy atom. The van der Waals surface area contributed by atoms with E-state index in [9.17, 15) is 13.2 Å². The third kappa shape index (κ3) is 6.44. The van der Waals surface area contributed by atoms with Gasteiger partial charge in [0.15, 0.2) is 0 Å². The minimum absolute atomic E-state index is 0.796. The van der Waals surface area contributed by atoms with Crippen LogP contribution >= 0.6 is 0 Å². The molecule has 0 aliphatic carbocycles. The number of morpholine rings is 1. The number of carboxylic acid groups (broad SMARTS) is 1. The lowest BCUT2D eigenvalue weighted by molar-refractivity contribution is -0.192. The molecule has 8 nitrogen and oxygen atoms in total. The first-order valence-corrected chi connectivity index (χ1v) is 9.28. The maximum Gasteiger partial charge on any atom is 0.490 e. The Morgan fingerprint density at radius 3 is 2.39 bits per heavy atom. The van der Waals surface area contributed by atoms with Crippen LogP contribution in [0.25, 0.3) is 11.1 Å². The number of nitrogens with one attached hydrogen (secondary N) is 2. The highest BCUT2D eigenvalue weighted by Gasteiger charge is 2.38. The van der Waals surface area contributed by atoms with Gasteiger partial charge in [-0.05, 0) is 42.0 Å². The van der Waals surface area contributed by atoms with E-state index in [2.05, 4.69) is 49.7 Å². The van der Waals surface area contributed by atoms with Crippen LogP contribution < -0.4 is 10.2 Å². The number of nitrogens with zero attached hydrogens (tertiary/aromatic N) is 3. The van der Waals surface area contributed by atoms with Gasteiger partial charge in [-0.3, -0.25) is 5.10 Å². The number of anilines is 3. The number of alkyl halides is 3. The molecule has 164 valence electrons. The lowest BCUT2D eigenvalue weighted by atomic mass is 10.1. The van der Waals surface area contributed by atoms with Crippen LogP contribution in [0.2, 0.25) is 0 Å². The molecule has 3 N–H and O–H groups in total. The van der Waals surface area contributed by atoms with E-state index in [4.69, 9.17) is 14.6 Å². The number of aliphatic carboxylic acids is 1. The molecule has 1 aromatic carbocycles. The smallest absolute Gasteiger partial charge is 0.475 e. The summed E-state index contributed by atoms with van der Waals surface area (Å²) in [4.78, 5) is 15.6. The quantitative estimate of drug-likeness (QED) is 0.574. The van der Waals surface area contributed by atoms with Crippen molar-refractivity contribution in [2.45, 2.75) is 6.18 Å². The van der Waals surface area contributed by atoms with Gasteiger partial charge in [0.05, 0.1) is 19.4 Å². The highest BCUT2D eigenvalue weighted by atomic mass is 19.4. The third-order valence-electron chi connectivity index (χ3n) is 4.35. The normalized spacial score (nSPS) is 13.8. The fourth-order valence-electron chi connectivity index (χ4n) is 2.81. The summed E-state index contributed by atoms with van der Waals surface area (Å²) in [6.07, 6.45) is 0.388. The number of benzene rings is 1. The number of hydrogen-bond acceptors (Lipinski definition) is 6. The summed E-state index contributed by atoms with van der Waals surface area (Å²) in [6, 6.07) is 12.4. The summed E-state index contributed by atoms with van der Waals surface area (Å²) in [5, 5.41) is 17.3. The largest absolute Gasteiger partial charge is 0.490 e. The first-order valence-electron chi connectivity index (χ1n) is 9.28. The molecule has 1 aliphatic heterocycles. The van der Waals surface area contributed by atoms with Crippen LogP contribution in [0.15, 0.2) is 55.0 Å². The van der Waals surface area contributed by atoms with Gasteiger partial charge in [0.2, 0.25) is 0 Å². The molecule has 11 heteroatoms. The van der Waals surface area contributed by atoms with Crippen LogP contribution in [0, 0.1) is 0 Å². The Morgan fingerprint density at radius 1 is 1.13 bits per heavy atom. The number of pyridine rings is 1. The Labute approximate surface area is 175 Å². The monoisotopic (exact) mass is 435 g/mol. The van der Waals surface area contributed by atoms with Crippen LogP contribution in [0.4, 0.5) is 30.4 Å². The Hall–Kier alpha value is -3.60. The molecule has 3 heterocycles. The van der Waals surface area contributed by atoms with Crippen molar-refractivity contribution in [1.82, 2.24) is 15.2 Å². The predicted octanol–water partition coefficient (Wildman–Crippen LogP) is 3.69. The average molecular weight is 435 g/mol. The van der Waals surface area contributed by atoms with Crippen molar-refractivity contribution < 1.29 is 27.8 Å². The standard InChI is InChI=1S/C18H19N5O.C2HF3O2/c1-3-17(23-7-9-24-10-8-23)4-2-16(1)22-18-11-14(5-6-19-18)15-12-20-21-13-15;3-2(4,5)1(6)7/h1-6,11-13H,7-10H2,(H,19,22)(H,20,21);(H,6,7). The van der Waals surface area contributed by atoms with Gasteiger partial charge in [0.25, 0.3) is 0 Å². The molecule has 0 unspecified atom stereocenters. The number of carbonyl (C=O) groups is 1. The van der Waals surface area contributed by atoms with Crippen molar-refractivity contribution in [3.05, 3.63) is 55.0 Å². The second-order valence-electron chi connectivity index (χ2n) is 6.49. The molecule has 3 aromatic rings. The van der Waals surface area contributed by atoms with E-state index >= 15 is 0 Å². The fraction of sp³-hybridized carbons (Fsp3) is 0.250. The molecule has 0 amide bonds. The van der Waals surface area contributed by atoms with Crippen LogP contribution in [0.3, 0.4) is 0 Å². The highest BCUT2D eigenvalue weighted by molar-refractivity contribution is 5.73. The van der Waals surface area contributed by atoms with E-state index in [1.165, 1.54) is 5.69 Å². The van der Waals surface area contributed by atoms with Crippen LogP contribution in [-0.4, -0.2) is 58.7 Å². The van der Waals surface area contributed by atoms with E-state index < -0.39 is 12.1 Å². The van der Waals surface area contributed by atoms with E-state index in [-0.39, 0.29) is 0 Å². The summed E-state index contributed by atoms with van der Waals surface area (Å²) in [5.41, 5.74) is 4.36. The number of aromatic amines is 1. The summed E-state index contributed by atoms with van der Waals surface area (Å²) in [7, 11) is 0. The minimum Gasteiger partial charge on any atom is -0.475 e. The molecule has 0 radical (unpaired) electrons. The van der Waals surface area contributed by atoms with Crippen molar-refractivity contribution in [1.29, 1.82) is 0 Å². The average Bonchev–Trinajstić information content (AvgIpc) is 3.30. The summed E-state index contributed by atoms with van der Waals surface area (Å²) < 4.78 is 37.1. The number of rotatable bonds is 4. The van der Waals surface area contributed by atoms with Crippen LogP contribution in [0.5, 0.6) is 0 Å². The zero-order valence-electron chi connectivity index (χ0n) is 16.3. The molecule has 2 aromatic heterocycles. The molecule has 0 bridgehead atoms. The summed E-state index contributed by atoms with van der Waals surface area (Å²) in [5.74, 6) is -1.94. The maximum atomic E-state index is 10.6. The zero-order valence-corrected chi connectivity index (χ0v) is 16.3. The molecule has 0 saturated carbocycles. The number of halogens is 3. The maximum absolute atomic E-state index is 10.6. The Balaban J connectivity index is 0.000000339. The van der Waals surface area contributed by atoms with E-state index in [0.717, 1.165) is 48.9 Å². The van der Waals surface area contributed by atoms with Crippen molar-refractivity contribution in [3.63, 3.8) is 0 Å². The number of hydrogen-bond donors (Lipinski definition) is 3. The van der Waals surface area contributed by atoms with E-state index in [1.807, 2.05) is 18.3 Å². The van der Waals surface area contributed by atoms with Crippen molar-refractivity contribution in [2.24, 2.45) is 0 Å². The van der Waals surface area contributed by atoms with Gasteiger partial charge in [-0.15, -0.1) is 0 Å². The number of carboxylic acids is 1. The van der Waals surface area contributed by atoms with Gasteiger partial charge in [-0.25, -0.2) is 9.78 Å². The van der Waals surface area contributed by atoms with Gasteiger partial charge in [0.1, 0.15) is 5.82 Å². The summed E-state index contributed by atoms with van der Waals surface area (Å²) in [6.45, 7) is 3.48. The molecule has 1 aliphatic rings. The molecule has 0 atom stereocenters. The molecule has 0 spiro atoms. The van der Waals surface area contributed by atoms with Gasteiger partial charge < -0.3 is 20.1 Å². The van der Waals surface area contributed by atoms with Crippen molar-refractivity contribution in [3.8, 4) is 11.1 Å². The highest BCUT2D eigenvalue weighted by Crippen LogP contribution is 2.24. The molecule has 1 saturated heterocycles. The van der Waals surface area contributed by atoms with Crippen molar-refractivity contribution >= 4 is 23.2 Å². The van der Waals surface area contributed by atoms with E-state index in [1.54, 1.807) is 12.4 Å². The first-order chi connectivity index (χ1) is 14.8. The van der Waals surface area contributed by atoms with Gasteiger partial charge >= 0.3 is 12.1 Å². The first kappa shape index (κ1) is 22.1. The second kappa shape index (κ2) is 9.94. The fourth-order valence-corrected chi connectivity index (χ4v) is 2.81. The minimum atomic E-state index is -5.08. The SMILES string of the molecule is O=C(O)C(F)(F)F.c1cc(-c2cn[nH]c2)cc(Nc2ccc(N3CCOCC3)cc2)n1.